The lowest BCUT2D eigenvalue weighted by Gasteiger charge is -2.17. The molecule has 1 atom stereocenters. The highest BCUT2D eigenvalue weighted by atomic mass is 19.4. The van der Waals surface area contributed by atoms with Crippen LogP contribution in [0.25, 0.3) is 0 Å². The van der Waals surface area contributed by atoms with Crippen LogP contribution in [-0.2, 0) is 26.7 Å². The van der Waals surface area contributed by atoms with Crippen LogP contribution in [-0.4, -0.2) is 30.9 Å². The third-order valence-corrected chi connectivity index (χ3v) is 3.36. The maximum atomic E-state index is 12.8. The summed E-state index contributed by atoms with van der Waals surface area (Å²) in [4.78, 5) is 34.4. The first-order chi connectivity index (χ1) is 12.3. The number of hydrogen-bond acceptors (Lipinski definition) is 4. The Balaban J connectivity index is 3.17. The van der Waals surface area contributed by atoms with Crippen LogP contribution >= 0.6 is 0 Å². The topological polar surface area (TPSA) is 98.5 Å². The van der Waals surface area contributed by atoms with Crippen molar-refractivity contribution in [2.24, 2.45) is 5.73 Å². The Morgan fingerprint density at radius 3 is 1.89 bits per heavy atom. The second kappa shape index (κ2) is 8.27. The van der Waals surface area contributed by atoms with Gasteiger partial charge in [-0.15, -0.1) is 0 Å². The molecule has 0 unspecified atom stereocenters. The molecule has 0 bridgehead atoms. The van der Waals surface area contributed by atoms with Crippen molar-refractivity contribution in [3.05, 3.63) is 34.9 Å². The van der Waals surface area contributed by atoms with Gasteiger partial charge in [0.05, 0.1) is 18.2 Å². The first kappa shape index (κ1) is 22.3. The van der Waals surface area contributed by atoms with E-state index in [0.29, 0.717) is 0 Å². The molecule has 0 saturated heterocycles. The molecule has 2 amide bonds. The lowest BCUT2D eigenvalue weighted by molar-refractivity contribution is -0.143. The molecule has 0 fully saturated rings. The molecule has 0 heterocycles. The molecule has 27 heavy (non-hydrogen) atoms. The normalized spacial score (nSPS) is 13.0. The van der Waals surface area contributed by atoms with E-state index in [1.165, 1.54) is 0 Å². The van der Waals surface area contributed by atoms with Crippen LogP contribution in [0.15, 0.2) is 18.2 Å². The number of rotatable bonds is 6. The summed E-state index contributed by atoms with van der Waals surface area (Å²) in [5.74, 6) is -3.27. The molecule has 1 aromatic rings. The van der Waals surface area contributed by atoms with Gasteiger partial charge in [0.25, 0.3) is 5.91 Å². The zero-order valence-corrected chi connectivity index (χ0v) is 13.7. The SMILES string of the molecule is COC(=O)CC[C@H](NC(=O)c1cc(C(F)(F)F)cc(C(F)(F)F)c1)C(N)=O. The molecular weight excluding hydrogens is 386 g/mol. The summed E-state index contributed by atoms with van der Waals surface area (Å²) in [6.45, 7) is 0. The fraction of sp³-hybridized carbons (Fsp3) is 0.400. The van der Waals surface area contributed by atoms with Crippen LogP contribution in [0.3, 0.4) is 0 Å². The highest BCUT2D eigenvalue weighted by molar-refractivity contribution is 5.97. The molecule has 0 spiro atoms. The number of nitrogens with one attached hydrogen (secondary N) is 1. The van der Waals surface area contributed by atoms with Gasteiger partial charge in [-0.25, -0.2) is 0 Å². The van der Waals surface area contributed by atoms with Gasteiger partial charge in [0, 0.05) is 12.0 Å². The maximum Gasteiger partial charge on any atom is 0.416 e. The van der Waals surface area contributed by atoms with Crippen LogP contribution in [0.2, 0.25) is 0 Å². The number of halogens is 6. The Labute approximate surface area is 148 Å². The van der Waals surface area contributed by atoms with Crippen LogP contribution in [0, 0.1) is 0 Å². The summed E-state index contributed by atoms with van der Waals surface area (Å²) in [5, 5.41) is 1.91. The molecule has 0 saturated carbocycles. The van der Waals surface area contributed by atoms with Crippen molar-refractivity contribution >= 4 is 17.8 Å². The number of alkyl halides is 6. The van der Waals surface area contributed by atoms with Crippen LogP contribution in [0.1, 0.15) is 34.3 Å². The van der Waals surface area contributed by atoms with Crippen molar-refractivity contribution in [3.63, 3.8) is 0 Å². The number of primary amides is 1. The Kier molecular flexibility index (Phi) is 6.81. The minimum absolute atomic E-state index is 0.139. The largest absolute Gasteiger partial charge is 0.469 e. The highest BCUT2D eigenvalue weighted by Gasteiger charge is 2.37. The van der Waals surface area contributed by atoms with Gasteiger partial charge in [-0.1, -0.05) is 0 Å². The van der Waals surface area contributed by atoms with E-state index in [4.69, 9.17) is 5.73 Å². The number of hydrogen-bond donors (Lipinski definition) is 2. The van der Waals surface area contributed by atoms with E-state index in [0.717, 1.165) is 7.11 Å². The van der Waals surface area contributed by atoms with Gasteiger partial charge in [-0.2, -0.15) is 26.3 Å². The predicted molar refractivity (Wildman–Crippen MR) is 78.1 cm³/mol. The average molecular weight is 400 g/mol. The molecule has 0 aliphatic rings. The second-order valence-electron chi connectivity index (χ2n) is 5.34. The van der Waals surface area contributed by atoms with Crippen molar-refractivity contribution in [2.45, 2.75) is 31.2 Å². The van der Waals surface area contributed by atoms with Crippen molar-refractivity contribution in [1.82, 2.24) is 5.32 Å². The fourth-order valence-corrected chi connectivity index (χ4v) is 1.98. The monoisotopic (exact) mass is 400 g/mol. The summed E-state index contributed by atoms with van der Waals surface area (Å²) in [5.41, 5.74) is 0.678. The highest BCUT2D eigenvalue weighted by Crippen LogP contribution is 2.36. The van der Waals surface area contributed by atoms with Gasteiger partial charge in [0.1, 0.15) is 6.04 Å². The average Bonchev–Trinajstić information content (AvgIpc) is 2.55. The standard InChI is InChI=1S/C15H14F6N2O4/c1-27-11(24)3-2-10(12(22)25)23-13(26)7-4-8(14(16,17)18)6-9(5-7)15(19,20)21/h4-6,10H,2-3H2,1H3,(H2,22,25)(H,23,26)/t10-/m0/s1. The van der Waals surface area contributed by atoms with Gasteiger partial charge in [-0.05, 0) is 24.6 Å². The van der Waals surface area contributed by atoms with Gasteiger partial charge < -0.3 is 15.8 Å². The van der Waals surface area contributed by atoms with E-state index in [1.54, 1.807) is 0 Å². The van der Waals surface area contributed by atoms with Crippen molar-refractivity contribution in [2.75, 3.05) is 7.11 Å². The molecule has 12 heteroatoms. The molecule has 150 valence electrons. The molecule has 0 aliphatic heterocycles. The lowest BCUT2D eigenvalue weighted by Crippen LogP contribution is -2.44. The Bertz CT molecular complexity index is 698. The quantitative estimate of drug-likeness (QED) is 0.565. The molecule has 6 nitrogen and oxygen atoms in total. The van der Waals surface area contributed by atoms with E-state index in [-0.39, 0.29) is 31.0 Å². The molecule has 0 aromatic heterocycles. The van der Waals surface area contributed by atoms with Crippen molar-refractivity contribution < 1.29 is 45.5 Å². The minimum Gasteiger partial charge on any atom is -0.469 e. The van der Waals surface area contributed by atoms with Crippen molar-refractivity contribution in [1.29, 1.82) is 0 Å². The summed E-state index contributed by atoms with van der Waals surface area (Å²) >= 11 is 0. The number of ether oxygens (including phenoxy) is 1. The third-order valence-electron chi connectivity index (χ3n) is 3.36. The molecule has 0 aliphatic carbocycles. The fourth-order valence-electron chi connectivity index (χ4n) is 1.98. The summed E-state index contributed by atoms with van der Waals surface area (Å²) in [6, 6.07) is -1.22. The van der Waals surface area contributed by atoms with Gasteiger partial charge in [0.2, 0.25) is 5.91 Å². The Morgan fingerprint density at radius 1 is 1.04 bits per heavy atom. The number of amides is 2. The number of benzene rings is 1. The number of nitrogens with two attached hydrogens (primary N) is 1. The van der Waals surface area contributed by atoms with Gasteiger partial charge in [0.15, 0.2) is 0 Å². The van der Waals surface area contributed by atoms with Crippen LogP contribution in [0.4, 0.5) is 26.3 Å². The molecule has 0 radical (unpaired) electrons. The third kappa shape index (κ3) is 6.46. The first-order valence-electron chi connectivity index (χ1n) is 7.22. The van der Waals surface area contributed by atoms with Crippen LogP contribution in [0.5, 0.6) is 0 Å². The van der Waals surface area contributed by atoms with E-state index in [1.807, 2.05) is 5.32 Å². The maximum absolute atomic E-state index is 12.8. The minimum atomic E-state index is -5.13. The smallest absolute Gasteiger partial charge is 0.416 e. The number of carbonyl (C=O) groups excluding carboxylic acids is 3. The van der Waals surface area contributed by atoms with Crippen LogP contribution < -0.4 is 11.1 Å². The second-order valence-corrected chi connectivity index (χ2v) is 5.34. The number of carbonyl (C=O) groups is 3. The van der Waals surface area contributed by atoms with Gasteiger partial charge in [-0.3, -0.25) is 14.4 Å². The van der Waals surface area contributed by atoms with Crippen molar-refractivity contribution in [3.8, 4) is 0 Å². The lowest BCUT2D eigenvalue weighted by atomic mass is 10.0. The Morgan fingerprint density at radius 2 is 1.52 bits per heavy atom. The van der Waals surface area contributed by atoms with Gasteiger partial charge >= 0.3 is 18.3 Å². The predicted octanol–water partition coefficient (Wildman–Crippen LogP) is 2.26. The first-order valence-corrected chi connectivity index (χ1v) is 7.22. The Hall–Kier alpha value is -2.79. The molecule has 1 rings (SSSR count). The summed E-state index contributed by atoms with van der Waals surface area (Å²) in [6.07, 6.45) is -11.0. The van der Waals surface area contributed by atoms with E-state index < -0.39 is 52.9 Å². The molecular formula is C15H14F6N2O4. The van der Waals surface area contributed by atoms with E-state index in [2.05, 4.69) is 4.74 Å². The number of esters is 1. The summed E-state index contributed by atoms with van der Waals surface area (Å²) < 4.78 is 81.2. The zero-order valence-electron chi connectivity index (χ0n) is 13.7. The molecule has 1 aromatic carbocycles. The van der Waals surface area contributed by atoms with E-state index >= 15 is 0 Å². The number of methoxy groups -OCH3 is 1. The molecule has 3 N–H and O–H groups in total. The summed E-state index contributed by atoms with van der Waals surface area (Å²) in [7, 11) is 1.06. The zero-order chi connectivity index (χ0) is 21.0. The van der Waals surface area contributed by atoms with E-state index in [9.17, 15) is 40.7 Å².